The van der Waals surface area contributed by atoms with Gasteiger partial charge in [0.2, 0.25) is 0 Å². The van der Waals surface area contributed by atoms with Crippen LogP contribution >= 0.6 is 47.3 Å². The summed E-state index contributed by atoms with van der Waals surface area (Å²) in [6.45, 7) is 3.80. The van der Waals surface area contributed by atoms with Crippen molar-refractivity contribution in [3.63, 3.8) is 0 Å². The van der Waals surface area contributed by atoms with Crippen molar-refractivity contribution in [2.75, 3.05) is 32.6 Å². The lowest BCUT2D eigenvalue weighted by Gasteiger charge is -2.22. The minimum Gasteiger partial charge on any atom is -0.381 e. The molecule has 1 aliphatic heterocycles. The van der Waals surface area contributed by atoms with Gasteiger partial charge in [0.05, 0.1) is 12.7 Å². The third-order valence-electron chi connectivity index (χ3n) is 4.81. The zero-order chi connectivity index (χ0) is 21.0. The Morgan fingerprint density at radius 3 is 2.61 bits per heavy atom. The molecule has 31 heavy (non-hydrogen) atoms. The molecule has 0 bridgehead atoms. The molecular weight excluding hydrogens is 545 g/mol. The zero-order valence-electron chi connectivity index (χ0n) is 17.8. The summed E-state index contributed by atoms with van der Waals surface area (Å²) >= 11 is 7.71. The minimum absolute atomic E-state index is 0. The quantitative estimate of drug-likeness (QED) is 0.143. The second kappa shape index (κ2) is 14.9. The fourth-order valence-corrected chi connectivity index (χ4v) is 4.06. The van der Waals surface area contributed by atoms with Crippen molar-refractivity contribution in [2.45, 2.75) is 37.0 Å². The molecule has 8 heteroatoms. The molecule has 2 N–H and O–H groups in total. The molecule has 1 heterocycles. The normalized spacial score (nSPS) is 14.7. The Bertz CT molecular complexity index is 802. The Labute approximate surface area is 211 Å². The van der Waals surface area contributed by atoms with Crippen molar-refractivity contribution >= 4 is 53.3 Å². The molecule has 0 aliphatic carbocycles. The van der Waals surface area contributed by atoms with Crippen LogP contribution in [0.15, 0.2) is 58.4 Å². The van der Waals surface area contributed by atoms with Crippen LogP contribution in [0, 0.1) is 0 Å². The summed E-state index contributed by atoms with van der Waals surface area (Å²) in [6, 6.07) is 16.4. The zero-order valence-corrected chi connectivity index (χ0v) is 21.7. The highest BCUT2D eigenvalue weighted by atomic mass is 127. The maximum Gasteiger partial charge on any atom is 0.191 e. The summed E-state index contributed by atoms with van der Waals surface area (Å²) in [7, 11) is 1.79. The summed E-state index contributed by atoms with van der Waals surface area (Å²) in [5.74, 6) is 1.75. The topological polar surface area (TPSA) is 54.9 Å². The van der Waals surface area contributed by atoms with E-state index in [4.69, 9.17) is 21.1 Å². The highest BCUT2D eigenvalue weighted by Gasteiger charge is 2.14. The Hall–Kier alpha value is -1.000. The molecule has 0 unspecified atom stereocenters. The van der Waals surface area contributed by atoms with E-state index in [1.807, 2.05) is 24.3 Å². The highest BCUT2D eigenvalue weighted by molar-refractivity contribution is 14.0. The number of halogens is 2. The number of nitrogens with one attached hydrogen (secondary N) is 2. The largest absolute Gasteiger partial charge is 0.381 e. The van der Waals surface area contributed by atoms with Gasteiger partial charge < -0.3 is 20.1 Å². The van der Waals surface area contributed by atoms with E-state index >= 15 is 0 Å². The average molecular weight is 576 g/mol. The first-order valence-electron chi connectivity index (χ1n) is 10.3. The van der Waals surface area contributed by atoms with E-state index in [-0.39, 0.29) is 24.0 Å². The Morgan fingerprint density at radius 1 is 1.13 bits per heavy atom. The van der Waals surface area contributed by atoms with Gasteiger partial charge in [0.15, 0.2) is 5.96 Å². The summed E-state index contributed by atoms with van der Waals surface area (Å²) < 4.78 is 11.4. The smallest absolute Gasteiger partial charge is 0.191 e. The van der Waals surface area contributed by atoms with Crippen molar-refractivity contribution in [3.8, 4) is 0 Å². The molecular formula is C23H31ClIN3O2S. The summed E-state index contributed by atoms with van der Waals surface area (Å²) in [4.78, 5) is 5.52. The highest BCUT2D eigenvalue weighted by Crippen LogP contribution is 2.19. The van der Waals surface area contributed by atoms with E-state index in [0.717, 1.165) is 55.9 Å². The second-order valence-electron chi connectivity index (χ2n) is 7.10. The van der Waals surface area contributed by atoms with Crippen LogP contribution < -0.4 is 10.6 Å². The fraction of sp³-hybridized carbons (Fsp3) is 0.435. The van der Waals surface area contributed by atoms with E-state index in [1.54, 1.807) is 18.8 Å². The number of thioether (sulfide) groups is 1. The average Bonchev–Trinajstić information content (AvgIpc) is 2.79. The molecule has 1 saturated heterocycles. The lowest BCUT2D eigenvalue weighted by Crippen LogP contribution is -2.37. The van der Waals surface area contributed by atoms with Crippen LogP contribution in [0.1, 0.15) is 24.0 Å². The summed E-state index contributed by atoms with van der Waals surface area (Å²) in [5.41, 5.74) is 2.41. The van der Waals surface area contributed by atoms with Crippen LogP contribution in [-0.2, 0) is 22.6 Å². The Kier molecular flexibility index (Phi) is 12.7. The summed E-state index contributed by atoms with van der Waals surface area (Å²) in [5, 5.41) is 7.50. The van der Waals surface area contributed by atoms with Gasteiger partial charge in [-0.25, -0.2) is 0 Å². The lowest BCUT2D eigenvalue weighted by molar-refractivity contribution is -0.0390. The molecule has 0 amide bonds. The van der Waals surface area contributed by atoms with Crippen molar-refractivity contribution in [3.05, 3.63) is 64.7 Å². The van der Waals surface area contributed by atoms with Crippen molar-refractivity contribution in [2.24, 2.45) is 4.99 Å². The van der Waals surface area contributed by atoms with E-state index in [2.05, 4.69) is 39.9 Å². The van der Waals surface area contributed by atoms with Crippen LogP contribution in [0.25, 0.3) is 0 Å². The third-order valence-corrected chi connectivity index (χ3v) is 6.07. The van der Waals surface area contributed by atoms with Crippen molar-refractivity contribution in [1.82, 2.24) is 10.6 Å². The molecule has 170 valence electrons. The molecule has 0 spiro atoms. The first-order valence-corrected chi connectivity index (χ1v) is 11.7. The summed E-state index contributed by atoms with van der Waals surface area (Å²) in [6.07, 6.45) is 2.29. The Morgan fingerprint density at radius 2 is 1.87 bits per heavy atom. The monoisotopic (exact) mass is 575 g/mol. The van der Waals surface area contributed by atoms with Crippen LogP contribution in [-0.4, -0.2) is 44.6 Å². The van der Waals surface area contributed by atoms with Gasteiger partial charge in [-0.1, -0.05) is 35.9 Å². The maximum absolute atomic E-state index is 6.03. The van der Waals surface area contributed by atoms with Gasteiger partial charge in [-0.2, -0.15) is 0 Å². The number of rotatable bonds is 9. The van der Waals surface area contributed by atoms with Crippen LogP contribution in [0.2, 0.25) is 5.02 Å². The van der Waals surface area contributed by atoms with Gasteiger partial charge >= 0.3 is 0 Å². The number of ether oxygens (including phenoxy) is 2. The molecule has 0 radical (unpaired) electrons. The number of benzene rings is 2. The van der Waals surface area contributed by atoms with Gasteiger partial charge in [-0.05, 0) is 48.2 Å². The third kappa shape index (κ3) is 9.99. The number of aliphatic imine (C=N–C) groups is 1. The number of hydrogen-bond donors (Lipinski definition) is 2. The molecule has 0 atom stereocenters. The van der Waals surface area contributed by atoms with Gasteiger partial charge in [0.25, 0.3) is 0 Å². The molecule has 2 aromatic carbocycles. The van der Waals surface area contributed by atoms with Crippen LogP contribution in [0.3, 0.4) is 0 Å². The van der Waals surface area contributed by atoms with Gasteiger partial charge in [-0.15, -0.1) is 35.7 Å². The van der Waals surface area contributed by atoms with Crippen molar-refractivity contribution < 1.29 is 9.47 Å². The van der Waals surface area contributed by atoms with E-state index in [1.165, 1.54) is 16.0 Å². The molecule has 0 saturated carbocycles. The van der Waals surface area contributed by atoms with Gasteiger partial charge in [0, 0.05) is 49.0 Å². The maximum atomic E-state index is 6.03. The molecule has 5 nitrogen and oxygen atoms in total. The van der Waals surface area contributed by atoms with Crippen molar-refractivity contribution in [1.29, 1.82) is 0 Å². The predicted molar refractivity (Wildman–Crippen MR) is 141 cm³/mol. The first kappa shape index (κ1) is 26.3. The van der Waals surface area contributed by atoms with Crippen LogP contribution in [0.5, 0.6) is 0 Å². The molecule has 0 aromatic heterocycles. The lowest BCUT2D eigenvalue weighted by atomic mass is 10.1. The predicted octanol–water partition coefficient (Wildman–Crippen LogP) is 5.11. The first-order chi connectivity index (χ1) is 14.7. The van der Waals surface area contributed by atoms with E-state index in [0.29, 0.717) is 12.7 Å². The number of guanidine groups is 1. The molecule has 2 aromatic rings. The molecule has 1 fully saturated rings. The van der Waals surface area contributed by atoms with Crippen LogP contribution in [0.4, 0.5) is 0 Å². The van der Waals surface area contributed by atoms with Gasteiger partial charge in [-0.3, -0.25) is 4.99 Å². The van der Waals surface area contributed by atoms with Gasteiger partial charge in [0.1, 0.15) is 0 Å². The molecule has 3 rings (SSSR count). The Balaban J connectivity index is 0.00000341. The minimum atomic E-state index is 0. The van der Waals surface area contributed by atoms with E-state index in [9.17, 15) is 0 Å². The number of nitrogens with zero attached hydrogens (tertiary/aromatic N) is 1. The second-order valence-corrected chi connectivity index (χ2v) is 8.70. The standard InChI is InChI=1S/C23H30ClN3O2S.HI/c1-25-23(26-11-14-30-22-7-5-20(24)6-8-22)27-16-18-3-2-4-19(15-18)17-29-21-9-12-28-13-10-21;/h2-8,15,21H,9-14,16-17H2,1H3,(H2,25,26,27);1H. The fourth-order valence-electron chi connectivity index (χ4n) is 3.16. The molecule has 1 aliphatic rings. The SMILES string of the molecule is CN=C(NCCSc1ccc(Cl)cc1)NCc1cccc(COC2CCOCC2)c1.I. The van der Waals surface area contributed by atoms with E-state index < -0.39 is 0 Å². The number of hydrogen-bond acceptors (Lipinski definition) is 4.